The summed E-state index contributed by atoms with van der Waals surface area (Å²) in [6.45, 7) is 2.92. The Labute approximate surface area is 252 Å². The van der Waals surface area contributed by atoms with Crippen molar-refractivity contribution in [2.24, 2.45) is 17.8 Å². The van der Waals surface area contributed by atoms with Crippen LogP contribution in [0.25, 0.3) is 22.2 Å². The number of Topliss-reactive ketones (excluding diaryl/α,β-unsaturated/α-hetero) is 1. The molecular weight excluding hydrogens is 562 g/mol. The molecule has 6 rings (SSSR count). The average molecular weight is 590 g/mol. The van der Waals surface area contributed by atoms with Gasteiger partial charge in [0.05, 0.1) is 39.2 Å². The number of hydrogen-bond donors (Lipinski definition) is 0. The molecule has 10 heteroatoms. The Morgan fingerprint density at radius 3 is 2.50 bits per heavy atom. The molecule has 0 radical (unpaired) electrons. The summed E-state index contributed by atoms with van der Waals surface area (Å²) < 4.78 is 5.37. The molecule has 4 aromatic rings. The fraction of sp³-hybridized carbons (Fsp3) is 0.206. The number of ketones is 1. The maximum atomic E-state index is 13.3. The van der Waals surface area contributed by atoms with E-state index in [-0.39, 0.29) is 46.4 Å². The second-order valence-corrected chi connectivity index (χ2v) is 11.0. The van der Waals surface area contributed by atoms with Crippen molar-refractivity contribution < 1.29 is 28.8 Å². The van der Waals surface area contributed by atoms with Crippen LogP contribution in [0.2, 0.25) is 0 Å². The van der Waals surface area contributed by atoms with Crippen LogP contribution in [0.5, 0.6) is 0 Å². The summed E-state index contributed by atoms with van der Waals surface area (Å²) in [6, 6.07) is 19.5. The zero-order valence-corrected chi connectivity index (χ0v) is 23.9. The van der Waals surface area contributed by atoms with Crippen LogP contribution in [-0.4, -0.2) is 40.1 Å². The first-order valence-corrected chi connectivity index (χ1v) is 14.1. The summed E-state index contributed by atoms with van der Waals surface area (Å²) in [5.74, 6) is -2.47. The Bertz CT molecular complexity index is 1900. The second-order valence-electron chi connectivity index (χ2n) is 11.0. The van der Waals surface area contributed by atoms with Gasteiger partial charge in [0.25, 0.3) is 5.69 Å². The molecule has 0 saturated carbocycles. The minimum absolute atomic E-state index is 0.0137. The van der Waals surface area contributed by atoms with E-state index in [0.29, 0.717) is 39.8 Å². The summed E-state index contributed by atoms with van der Waals surface area (Å²) in [4.78, 5) is 69.0. The number of benzene rings is 3. The van der Waals surface area contributed by atoms with Gasteiger partial charge in [-0.15, -0.1) is 0 Å². The van der Waals surface area contributed by atoms with E-state index in [1.54, 1.807) is 61.5 Å². The highest BCUT2D eigenvalue weighted by atomic mass is 16.6. The molecule has 1 saturated heterocycles. The Hall–Kier alpha value is -5.51. The van der Waals surface area contributed by atoms with Crippen molar-refractivity contribution in [1.29, 1.82) is 0 Å². The Balaban J connectivity index is 1.25. The molecule has 1 aliphatic heterocycles. The fourth-order valence-corrected chi connectivity index (χ4v) is 5.95. The number of fused-ring (bicyclic) bond motifs is 2. The largest absolute Gasteiger partial charge is 0.454 e. The number of allylic oxidation sites excluding steroid dienone is 2. The van der Waals surface area contributed by atoms with Crippen LogP contribution in [0.4, 0.5) is 11.4 Å². The number of nitro groups is 1. The standard InChI is InChI=1S/C34H27N3O7/c1-19-10-11-22(16-29(19)37(42)43)30(38)18-44-34(41)26-17-28(35-27-9-4-3-7-24(26)27)21-12-14-23(15-13-21)36-32(39)25-8-5-6-20(2)31(25)33(36)40/h3-7,9-17,20,25,31H,8,18H2,1-2H3. The van der Waals surface area contributed by atoms with Crippen molar-refractivity contribution in [3.8, 4) is 11.3 Å². The lowest BCUT2D eigenvalue weighted by Gasteiger charge is -2.22. The zero-order chi connectivity index (χ0) is 31.1. The lowest BCUT2D eigenvalue weighted by Crippen LogP contribution is -2.31. The Morgan fingerprint density at radius 1 is 1.02 bits per heavy atom. The summed E-state index contributed by atoms with van der Waals surface area (Å²) >= 11 is 0. The Morgan fingerprint density at radius 2 is 1.77 bits per heavy atom. The molecule has 1 aromatic heterocycles. The number of aryl methyl sites for hydroxylation is 1. The van der Waals surface area contributed by atoms with Crippen LogP contribution < -0.4 is 4.90 Å². The smallest absolute Gasteiger partial charge is 0.339 e. The molecular formula is C34H27N3O7. The lowest BCUT2D eigenvalue weighted by atomic mass is 9.78. The minimum Gasteiger partial charge on any atom is -0.454 e. The van der Waals surface area contributed by atoms with Gasteiger partial charge in [0.2, 0.25) is 17.6 Å². The van der Waals surface area contributed by atoms with E-state index >= 15 is 0 Å². The number of carbonyl (C=O) groups is 4. The predicted octanol–water partition coefficient (Wildman–Crippen LogP) is 5.86. The molecule has 0 N–H and O–H groups in total. The van der Waals surface area contributed by atoms with Gasteiger partial charge in [-0.2, -0.15) is 0 Å². The van der Waals surface area contributed by atoms with Crippen molar-refractivity contribution in [3.05, 3.63) is 112 Å². The number of hydrogen-bond acceptors (Lipinski definition) is 8. The topological polar surface area (TPSA) is 137 Å². The third-order valence-corrected chi connectivity index (χ3v) is 8.29. The molecule has 2 aliphatic rings. The highest BCUT2D eigenvalue weighted by molar-refractivity contribution is 6.22. The maximum absolute atomic E-state index is 13.3. The van der Waals surface area contributed by atoms with Crippen LogP contribution in [0.1, 0.15) is 39.6 Å². The third-order valence-electron chi connectivity index (χ3n) is 8.29. The molecule has 220 valence electrons. The number of para-hydroxylation sites is 1. The SMILES string of the molecule is Cc1ccc(C(=O)COC(=O)c2cc(-c3ccc(N4C(=O)C5CC=CC(C)C5C4=O)cc3)nc3ccccc23)cc1[N+](=O)[O-]. The quantitative estimate of drug-likeness (QED) is 0.0653. The number of aromatic nitrogens is 1. The molecule has 3 atom stereocenters. The highest BCUT2D eigenvalue weighted by Gasteiger charge is 2.50. The second kappa shape index (κ2) is 11.3. The van der Waals surface area contributed by atoms with Gasteiger partial charge in [-0.05, 0) is 43.5 Å². The number of esters is 1. The third kappa shape index (κ3) is 5.04. The van der Waals surface area contributed by atoms with E-state index in [1.165, 1.54) is 23.1 Å². The molecule has 0 bridgehead atoms. The van der Waals surface area contributed by atoms with E-state index in [4.69, 9.17) is 9.72 Å². The predicted molar refractivity (Wildman–Crippen MR) is 162 cm³/mol. The first kappa shape index (κ1) is 28.6. The summed E-state index contributed by atoms with van der Waals surface area (Å²) in [5, 5.41) is 11.8. The first-order valence-electron chi connectivity index (χ1n) is 14.1. The number of pyridine rings is 1. The number of anilines is 1. The average Bonchev–Trinajstić information content (AvgIpc) is 3.29. The van der Waals surface area contributed by atoms with Gasteiger partial charge in [0.15, 0.2) is 6.61 Å². The van der Waals surface area contributed by atoms with Crippen molar-refractivity contribution in [1.82, 2.24) is 4.98 Å². The fourth-order valence-electron chi connectivity index (χ4n) is 5.95. The lowest BCUT2D eigenvalue weighted by molar-refractivity contribution is -0.385. The highest BCUT2D eigenvalue weighted by Crippen LogP contribution is 2.40. The maximum Gasteiger partial charge on any atom is 0.339 e. The molecule has 1 aliphatic carbocycles. The van der Waals surface area contributed by atoms with E-state index in [2.05, 4.69) is 0 Å². The van der Waals surface area contributed by atoms with Gasteiger partial charge in [-0.25, -0.2) is 9.78 Å². The van der Waals surface area contributed by atoms with Crippen molar-refractivity contribution in [2.45, 2.75) is 20.3 Å². The number of carbonyl (C=O) groups excluding carboxylic acids is 4. The zero-order valence-electron chi connectivity index (χ0n) is 23.9. The molecule has 0 spiro atoms. The van der Waals surface area contributed by atoms with E-state index in [9.17, 15) is 29.3 Å². The van der Waals surface area contributed by atoms with E-state index in [0.717, 1.165) is 0 Å². The van der Waals surface area contributed by atoms with E-state index < -0.39 is 23.3 Å². The van der Waals surface area contributed by atoms with Crippen LogP contribution in [-0.2, 0) is 14.3 Å². The van der Waals surface area contributed by atoms with Crippen molar-refractivity contribution in [3.63, 3.8) is 0 Å². The van der Waals surface area contributed by atoms with E-state index in [1.807, 2.05) is 19.1 Å². The van der Waals surface area contributed by atoms with Gasteiger partial charge in [0.1, 0.15) is 0 Å². The number of amides is 2. The minimum atomic E-state index is -0.755. The van der Waals surface area contributed by atoms with Crippen molar-refractivity contribution >= 4 is 45.8 Å². The number of ether oxygens (including phenoxy) is 1. The van der Waals surface area contributed by atoms with Crippen LogP contribution in [0.15, 0.2) is 84.9 Å². The van der Waals surface area contributed by atoms with Crippen LogP contribution in [0, 0.1) is 34.8 Å². The summed E-state index contributed by atoms with van der Waals surface area (Å²) in [6.07, 6.45) is 4.49. The molecule has 10 nitrogen and oxygen atoms in total. The Kier molecular flexibility index (Phi) is 7.34. The van der Waals surface area contributed by atoms with Crippen LogP contribution >= 0.6 is 0 Å². The van der Waals surface area contributed by atoms with Gasteiger partial charge < -0.3 is 4.74 Å². The van der Waals surface area contributed by atoms with Gasteiger partial charge in [-0.3, -0.25) is 29.4 Å². The number of imide groups is 1. The number of nitrogens with zero attached hydrogens (tertiary/aromatic N) is 3. The van der Waals surface area contributed by atoms with Crippen molar-refractivity contribution in [2.75, 3.05) is 11.5 Å². The summed E-state index contributed by atoms with van der Waals surface area (Å²) in [5.41, 5.74) is 2.56. The molecule has 2 heterocycles. The summed E-state index contributed by atoms with van der Waals surface area (Å²) in [7, 11) is 0. The molecule has 3 aromatic carbocycles. The molecule has 1 fully saturated rings. The van der Waals surface area contributed by atoms with Gasteiger partial charge in [0, 0.05) is 28.1 Å². The molecule has 44 heavy (non-hydrogen) atoms. The monoisotopic (exact) mass is 589 g/mol. The number of rotatable bonds is 7. The molecule has 2 amide bonds. The van der Waals surface area contributed by atoms with Gasteiger partial charge >= 0.3 is 5.97 Å². The normalized spacial score (nSPS) is 19.2. The van der Waals surface area contributed by atoms with Gasteiger partial charge in [-0.1, -0.05) is 61.5 Å². The van der Waals surface area contributed by atoms with Crippen LogP contribution in [0.3, 0.4) is 0 Å². The number of nitro benzene ring substituents is 1. The first-order chi connectivity index (χ1) is 21.1. The molecule has 3 unspecified atom stereocenters.